The zero-order chi connectivity index (χ0) is 21.6. The van der Waals surface area contributed by atoms with E-state index in [1.54, 1.807) is 0 Å². The van der Waals surface area contributed by atoms with Crippen molar-refractivity contribution in [1.82, 2.24) is 5.32 Å². The van der Waals surface area contributed by atoms with E-state index in [-0.39, 0.29) is 12.1 Å². The first-order valence-corrected chi connectivity index (χ1v) is 12.7. The minimum absolute atomic E-state index is 0.0487. The summed E-state index contributed by atoms with van der Waals surface area (Å²) in [6.07, 6.45) is 25.0. The molecule has 0 fully saturated rings. The molecule has 0 aromatic carbocycles. The fourth-order valence-electron chi connectivity index (χ4n) is 2.74. The molecule has 0 aliphatic heterocycles. The molecule has 0 aliphatic carbocycles. The van der Waals surface area contributed by atoms with Gasteiger partial charge >= 0.3 is 0 Å². The summed E-state index contributed by atoms with van der Waals surface area (Å²) in [7, 11) is -1.32. The van der Waals surface area contributed by atoms with Crippen molar-refractivity contribution in [2.24, 2.45) is 5.73 Å². The van der Waals surface area contributed by atoms with Gasteiger partial charge in [-0.1, -0.05) is 62.6 Å². The van der Waals surface area contributed by atoms with Crippen LogP contribution in [0.2, 0.25) is 0 Å². The zero-order valence-corrected chi connectivity index (χ0v) is 19.0. The Hall–Kier alpha value is -1.45. The predicted molar refractivity (Wildman–Crippen MR) is 125 cm³/mol. The van der Waals surface area contributed by atoms with Crippen molar-refractivity contribution in [3.05, 3.63) is 36.5 Å². The first-order chi connectivity index (χ1) is 14.1. The van der Waals surface area contributed by atoms with E-state index in [1.165, 1.54) is 19.3 Å². The fourth-order valence-corrected chi connectivity index (χ4v) is 3.78. The summed E-state index contributed by atoms with van der Waals surface area (Å²) in [5.41, 5.74) is 5.03. The molecular weight excluding hydrogens is 383 g/mol. The largest absolute Gasteiger partial charge is 0.373 e. The Kier molecular flexibility index (Phi) is 20.2. The van der Waals surface area contributed by atoms with E-state index in [2.05, 4.69) is 48.7 Å². The second-order valence-corrected chi connectivity index (χ2v) is 8.93. The van der Waals surface area contributed by atoms with Gasteiger partial charge in [-0.05, 0) is 51.1 Å². The molecular formula is C23H41N2O3P. The summed E-state index contributed by atoms with van der Waals surface area (Å²) in [6, 6.07) is 0. The summed E-state index contributed by atoms with van der Waals surface area (Å²) in [4.78, 5) is 32.0. The Morgan fingerprint density at radius 2 is 1.52 bits per heavy atom. The van der Waals surface area contributed by atoms with Gasteiger partial charge in [0.1, 0.15) is 0 Å². The minimum Gasteiger partial charge on any atom is -0.373 e. The van der Waals surface area contributed by atoms with Crippen molar-refractivity contribution >= 4 is 20.0 Å². The molecule has 166 valence electrons. The summed E-state index contributed by atoms with van der Waals surface area (Å²) < 4.78 is 0. The second-order valence-electron chi connectivity index (χ2n) is 7.16. The topological polar surface area (TPSA) is 92.4 Å². The highest BCUT2D eigenvalue weighted by Gasteiger charge is 2.07. The first kappa shape index (κ1) is 27.5. The van der Waals surface area contributed by atoms with Crippen LogP contribution < -0.4 is 11.1 Å². The highest BCUT2D eigenvalue weighted by atomic mass is 31.1. The zero-order valence-electron chi connectivity index (χ0n) is 18.2. The lowest BCUT2D eigenvalue weighted by Gasteiger charge is -2.09. The lowest BCUT2D eigenvalue weighted by atomic mass is 10.1. The van der Waals surface area contributed by atoms with Crippen LogP contribution in [0.25, 0.3) is 0 Å². The summed E-state index contributed by atoms with van der Waals surface area (Å²) in [5.74, 6) is -0.398. The van der Waals surface area contributed by atoms with Crippen molar-refractivity contribution in [3.63, 3.8) is 0 Å². The van der Waals surface area contributed by atoms with Crippen LogP contribution in [0.4, 0.5) is 0 Å². The number of amides is 2. The Bertz CT molecular complexity index is 504. The molecule has 0 radical (unpaired) electrons. The van der Waals surface area contributed by atoms with Gasteiger partial charge in [-0.2, -0.15) is 0 Å². The third-order valence-electron chi connectivity index (χ3n) is 4.31. The summed E-state index contributed by atoms with van der Waals surface area (Å²) in [5, 5.41) is 2.87. The molecule has 4 N–H and O–H groups in total. The summed E-state index contributed by atoms with van der Waals surface area (Å²) in [6.45, 7) is 2.70. The number of unbranched alkanes of at least 4 members (excludes halogenated alkanes) is 5. The first-order valence-electron chi connectivity index (χ1n) is 11.0. The summed E-state index contributed by atoms with van der Waals surface area (Å²) >= 11 is 0. The third-order valence-corrected chi connectivity index (χ3v) is 5.82. The molecule has 1 unspecified atom stereocenters. The smallest absolute Gasteiger partial charge is 0.223 e. The average molecular weight is 425 g/mol. The number of hydrogen-bond donors (Lipinski definition) is 3. The average Bonchev–Trinajstić information content (AvgIpc) is 2.67. The molecule has 29 heavy (non-hydrogen) atoms. The number of rotatable bonds is 19. The molecule has 1 atom stereocenters. The highest BCUT2D eigenvalue weighted by molar-refractivity contribution is 7.52. The molecule has 0 saturated carbocycles. The van der Waals surface area contributed by atoms with Gasteiger partial charge in [0.15, 0.2) is 0 Å². The van der Waals surface area contributed by atoms with Crippen molar-refractivity contribution in [1.29, 1.82) is 0 Å². The van der Waals surface area contributed by atoms with E-state index < -0.39 is 14.1 Å². The predicted octanol–water partition coefficient (Wildman–Crippen LogP) is 4.96. The lowest BCUT2D eigenvalue weighted by molar-refractivity contribution is -0.121. The van der Waals surface area contributed by atoms with E-state index in [4.69, 9.17) is 5.73 Å². The number of nitrogens with two attached hydrogens (primary N) is 1. The molecule has 0 aromatic rings. The second kappa shape index (κ2) is 21.3. The number of allylic oxidation sites excluding steroid dienone is 6. The Balaban J connectivity index is 3.39. The van der Waals surface area contributed by atoms with Crippen LogP contribution in [0.3, 0.4) is 0 Å². The highest BCUT2D eigenvalue weighted by Crippen LogP contribution is 2.29. The van der Waals surface area contributed by atoms with E-state index in [1.807, 2.05) is 0 Å². The number of primary amides is 1. The SMILES string of the molecule is CCC=CCC=CCC=CCCCCCCCC(=O)NCCCP(O)CC(N)=O. The standard InChI is InChI=1S/C23H41N2O3P/c1-2-3-4-5-6-7-8-9-10-11-12-13-14-15-16-18-23(27)25-19-17-20-29(28)21-22(24)26/h3-4,6-7,9-10,28H,2,5,8,11-21H2,1H3,(H2,24,26)(H,25,27). The molecule has 2 amide bonds. The molecule has 0 aliphatic rings. The molecule has 0 saturated heterocycles. The van der Waals surface area contributed by atoms with Crippen molar-refractivity contribution < 1.29 is 14.5 Å². The maximum atomic E-state index is 11.7. The van der Waals surface area contributed by atoms with Crippen LogP contribution >= 0.6 is 8.15 Å². The van der Waals surface area contributed by atoms with E-state index >= 15 is 0 Å². The van der Waals surface area contributed by atoms with Crippen LogP contribution in [0.1, 0.15) is 77.6 Å². The van der Waals surface area contributed by atoms with Gasteiger partial charge in [-0.25, -0.2) is 0 Å². The van der Waals surface area contributed by atoms with Gasteiger partial charge < -0.3 is 15.9 Å². The normalized spacial score (nSPS) is 12.9. The maximum absolute atomic E-state index is 11.7. The Labute approximate surface area is 178 Å². The molecule has 0 heterocycles. The van der Waals surface area contributed by atoms with Crippen molar-refractivity contribution in [2.75, 3.05) is 18.9 Å². The van der Waals surface area contributed by atoms with Gasteiger partial charge in [0.25, 0.3) is 0 Å². The van der Waals surface area contributed by atoms with Gasteiger partial charge in [-0.15, -0.1) is 0 Å². The van der Waals surface area contributed by atoms with Crippen LogP contribution in [-0.4, -0.2) is 35.6 Å². The number of carbonyl (C=O) groups excluding carboxylic acids is 2. The van der Waals surface area contributed by atoms with E-state index in [0.29, 0.717) is 25.5 Å². The van der Waals surface area contributed by atoms with Crippen molar-refractivity contribution in [3.8, 4) is 0 Å². The Morgan fingerprint density at radius 3 is 2.21 bits per heavy atom. The minimum atomic E-state index is -1.32. The van der Waals surface area contributed by atoms with Crippen LogP contribution in [0, 0.1) is 0 Å². The van der Waals surface area contributed by atoms with Gasteiger partial charge in [0.05, 0.1) is 6.16 Å². The number of nitrogens with one attached hydrogen (secondary N) is 1. The van der Waals surface area contributed by atoms with Crippen LogP contribution in [0.5, 0.6) is 0 Å². The monoisotopic (exact) mass is 424 g/mol. The van der Waals surface area contributed by atoms with Crippen LogP contribution in [0.15, 0.2) is 36.5 Å². The molecule has 6 heteroatoms. The lowest BCUT2D eigenvalue weighted by Crippen LogP contribution is -2.24. The number of carbonyl (C=O) groups is 2. The molecule has 0 aromatic heterocycles. The molecule has 0 spiro atoms. The maximum Gasteiger partial charge on any atom is 0.223 e. The van der Waals surface area contributed by atoms with Crippen molar-refractivity contribution in [2.45, 2.75) is 77.6 Å². The third kappa shape index (κ3) is 22.7. The van der Waals surface area contributed by atoms with Gasteiger partial charge in [-0.3, -0.25) is 9.59 Å². The van der Waals surface area contributed by atoms with E-state index in [0.717, 1.165) is 38.5 Å². The molecule has 5 nitrogen and oxygen atoms in total. The number of hydrogen-bond acceptors (Lipinski definition) is 3. The van der Waals surface area contributed by atoms with Gasteiger partial charge in [0, 0.05) is 21.1 Å². The Morgan fingerprint density at radius 1 is 0.897 bits per heavy atom. The molecule has 0 bridgehead atoms. The van der Waals surface area contributed by atoms with Gasteiger partial charge in [0.2, 0.25) is 11.8 Å². The quantitative estimate of drug-likeness (QED) is 0.155. The molecule has 0 rings (SSSR count). The van der Waals surface area contributed by atoms with Crippen LogP contribution in [-0.2, 0) is 9.59 Å². The fraction of sp³-hybridized carbons (Fsp3) is 0.652. The van der Waals surface area contributed by atoms with E-state index in [9.17, 15) is 14.5 Å².